The Morgan fingerprint density at radius 2 is 2.12 bits per heavy atom. The second kappa shape index (κ2) is 6.15. The SMILES string of the molecule is Cc1nc2c(cc1Cl)C(C#N)OC21CCN(C(=O)OC(C)(C)C)CC1. The quantitative estimate of drug-likeness (QED) is 0.699. The molecule has 0 N–H and O–H groups in total. The van der Waals surface area contributed by atoms with Gasteiger partial charge in [0.05, 0.1) is 22.5 Å². The van der Waals surface area contributed by atoms with E-state index in [1.54, 1.807) is 11.0 Å². The highest BCUT2D eigenvalue weighted by molar-refractivity contribution is 6.31. The fourth-order valence-electron chi connectivity index (χ4n) is 3.33. The zero-order valence-corrected chi connectivity index (χ0v) is 15.7. The van der Waals surface area contributed by atoms with E-state index in [2.05, 4.69) is 11.1 Å². The Morgan fingerprint density at radius 1 is 1.48 bits per heavy atom. The van der Waals surface area contributed by atoms with E-state index in [4.69, 9.17) is 21.1 Å². The number of ether oxygens (including phenoxy) is 2. The van der Waals surface area contributed by atoms with E-state index >= 15 is 0 Å². The number of amides is 1. The van der Waals surface area contributed by atoms with Crippen LogP contribution >= 0.6 is 11.6 Å². The highest BCUT2D eigenvalue weighted by atomic mass is 35.5. The third kappa shape index (κ3) is 3.31. The number of aryl methyl sites for hydroxylation is 1. The van der Waals surface area contributed by atoms with Crippen LogP contribution in [-0.2, 0) is 15.1 Å². The van der Waals surface area contributed by atoms with Crippen molar-refractivity contribution in [1.82, 2.24) is 9.88 Å². The molecule has 3 rings (SSSR count). The van der Waals surface area contributed by atoms with Gasteiger partial charge in [0.15, 0.2) is 6.10 Å². The van der Waals surface area contributed by atoms with Crippen LogP contribution in [0.15, 0.2) is 6.07 Å². The predicted molar refractivity (Wildman–Crippen MR) is 92.1 cm³/mol. The third-order valence-corrected chi connectivity index (χ3v) is 4.96. The second-order valence-electron chi connectivity index (χ2n) is 7.58. The van der Waals surface area contributed by atoms with E-state index in [0.29, 0.717) is 31.0 Å². The molecule has 0 saturated carbocycles. The van der Waals surface area contributed by atoms with Gasteiger partial charge in [-0.25, -0.2) is 4.79 Å². The van der Waals surface area contributed by atoms with E-state index in [-0.39, 0.29) is 6.09 Å². The van der Waals surface area contributed by atoms with Crippen LogP contribution in [0.3, 0.4) is 0 Å². The average Bonchev–Trinajstić information content (AvgIpc) is 2.80. The lowest BCUT2D eigenvalue weighted by atomic mass is 9.87. The monoisotopic (exact) mass is 363 g/mol. The van der Waals surface area contributed by atoms with Crippen molar-refractivity contribution in [3.8, 4) is 6.07 Å². The first-order chi connectivity index (χ1) is 11.6. The van der Waals surface area contributed by atoms with E-state index in [1.807, 2.05) is 27.7 Å². The summed E-state index contributed by atoms with van der Waals surface area (Å²) in [6.45, 7) is 8.37. The molecule has 2 aliphatic heterocycles. The Hall–Kier alpha value is -1.84. The topological polar surface area (TPSA) is 75.5 Å². The van der Waals surface area contributed by atoms with Crippen LogP contribution in [0.2, 0.25) is 5.02 Å². The number of carbonyl (C=O) groups excluding carboxylic acids is 1. The van der Waals surface area contributed by atoms with Gasteiger partial charge in [0.2, 0.25) is 0 Å². The normalized spacial score (nSPS) is 21.8. The lowest BCUT2D eigenvalue weighted by Crippen LogP contribution is -2.47. The standard InChI is InChI=1S/C18H22ClN3O3/c1-11-13(19)9-12-14(10-20)24-18(15(12)21-11)5-7-22(8-6-18)16(23)25-17(2,3)4/h9,14H,5-8H2,1-4H3. The minimum absolute atomic E-state index is 0.322. The number of pyridine rings is 1. The van der Waals surface area contributed by atoms with Gasteiger partial charge in [0.25, 0.3) is 0 Å². The number of carbonyl (C=O) groups is 1. The van der Waals surface area contributed by atoms with Crippen molar-refractivity contribution in [1.29, 1.82) is 5.26 Å². The van der Waals surface area contributed by atoms with Crippen LogP contribution < -0.4 is 0 Å². The Labute approximate surface area is 152 Å². The number of likely N-dealkylation sites (tertiary alicyclic amines) is 1. The Bertz CT molecular complexity index is 743. The molecule has 0 aliphatic carbocycles. The largest absolute Gasteiger partial charge is 0.444 e. The fourth-order valence-corrected chi connectivity index (χ4v) is 3.49. The van der Waals surface area contributed by atoms with Crippen molar-refractivity contribution < 1.29 is 14.3 Å². The minimum Gasteiger partial charge on any atom is -0.444 e. The number of halogens is 1. The summed E-state index contributed by atoms with van der Waals surface area (Å²) in [6, 6.07) is 3.96. The summed E-state index contributed by atoms with van der Waals surface area (Å²) in [5, 5.41) is 9.96. The highest BCUT2D eigenvalue weighted by Gasteiger charge is 2.49. The van der Waals surface area contributed by atoms with Gasteiger partial charge in [-0.05, 0) is 33.8 Å². The van der Waals surface area contributed by atoms with Crippen molar-refractivity contribution in [3.05, 3.63) is 28.0 Å². The summed E-state index contributed by atoms with van der Waals surface area (Å²) in [5.74, 6) is 0. The first-order valence-electron chi connectivity index (χ1n) is 8.38. The van der Waals surface area contributed by atoms with Gasteiger partial charge in [-0.1, -0.05) is 11.6 Å². The molecule has 0 bridgehead atoms. The van der Waals surface area contributed by atoms with Gasteiger partial charge in [-0.3, -0.25) is 4.98 Å². The molecule has 1 unspecified atom stereocenters. The van der Waals surface area contributed by atoms with E-state index in [9.17, 15) is 10.1 Å². The summed E-state index contributed by atoms with van der Waals surface area (Å²) in [5.41, 5.74) is 1.08. The number of nitriles is 1. The lowest BCUT2D eigenvalue weighted by Gasteiger charge is -2.39. The van der Waals surface area contributed by atoms with Gasteiger partial charge in [0.1, 0.15) is 11.2 Å². The second-order valence-corrected chi connectivity index (χ2v) is 7.99. The first kappa shape index (κ1) is 18.0. The fraction of sp³-hybridized carbons (Fsp3) is 0.611. The van der Waals surface area contributed by atoms with Gasteiger partial charge in [0, 0.05) is 31.5 Å². The molecule has 0 radical (unpaired) electrons. The molecule has 134 valence electrons. The molecule has 1 amide bonds. The van der Waals surface area contributed by atoms with E-state index < -0.39 is 17.3 Å². The van der Waals surface area contributed by atoms with Crippen molar-refractivity contribution in [3.63, 3.8) is 0 Å². The molecule has 1 atom stereocenters. The molecule has 2 aliphatic rings. The average molecular weight is 364 g/mol. The first-order valence-corrected chi connectivity index (χ1v) is 8.76. The molecule has 0 aromatic carbocycles. The molecule has 1 aromatic heterocycles. The van der Waals surface area contributed by atoms with Crippen molar-refractivity contribution >= 4 is 17.7 Å². The van der Waals surface area contributed by atoms with Gasteiger partial charge in [-0.15, -0.1) is 0 Å². The number of hydrogen-bond acceptors (Lipinski definition) is 5. The zero-order valence-electron chi connectivity index (χ0n) is 14.9. The minimum atomic E-state index is -0.673. The maximum absolute atomic E-state index is 12.3. The molecular weight excluding hydrogens is 342 g/mol. The molecule has 1 saturated heterocycles. The summed E-state index contributed by atoms with van der Waals surface area (Å²) in [7, 11) is 0. The molecule has 3 heterocycles. The zero-order chi connectivity index (χ0) is 18.4. The van der Waals surface area contributed by atoms with Crippen molar-refractivity contribution in [2.24, 2.45) is 0 Å². The molecule has 1 aromatic rings. The third-order valence-electron chi connectivity index (χ3n) is 4.58. The summed E-state index contributed by atoms with van der Waals surface area (Å²) in [6.07, 6.45) is 0.156. The number of fused-ring (bicyclic) bond motifs is 2. The van der Waals surface area contributed by atoms with Crippen LogP contribution in [0.25, 0.3) is 0 Å². The predicted octanol–water partition coefficient (Wildman–Crippen LogP) is 3.86. The maximum atomic E-state index is 12.3. The van der Waals surface area contributed by atoms with Crippen LogP contribution in [0.1, 0.15) is 56.7 Å². The number of nitrogens with zero attached hydrogens (tertiary/aromatic N) is 3. The molecule has 1 fully saturated rings. The van der Waals surface area contributed by atoms with Gasteiger partial charge in [-0.2, -0.15) is 5.26 Å². The van der Waals surface area contributed by atoms with Gasteiger partial charge < -0.3 is 14.4 Å². The molecule has 7 heteroatoms. The van der Waals surface area contributed by atoms with Crippen molar-refractivity contribution in [2.75, 3.05) is 13.1 Å². The Balaban J connectivity index is 1.82. The maximum Gasteiger partial charge on any atom is 0.410 e. The van der Waals surface area contributed by atoms with Crippen LogP contribution in [0.4, 0.5) is 4.79 Å². The van der Waals surface area contributed by atoms with Crippen molar-refractivity contribution in [2.45, 2.75) is 57.8 Å². The van der Waals surface area contributed by atoms with E-state index in [1.165, 1.54) is 0 Å². The van der Waals surface area contributed by atoms with Crippen LogP contribution in [0, 0.1) is 18.3 Å². The van der Waals surface area contributed by atoms with Crippen LogP contribution in [-0.4, -0.2) is 34.7 Å². The number of aromatic nitrogens is 1. The molecule has 6 nitrogen and oxygen atoms in total. The summed E-state index contributed by atoms with van der Waals surface area (Å²) in [4.78, 5) is 18.6. The molecular formula is C18H22ClN3O3. The summed E-state index contributed by atoms with van der Waals surface area (Å²) >= 11 is 6.17. The van der Waals surface area contributed by atoms with E-state index in [0.717, 1.165) is 17.0 Å². The summed E-state index contributed by atoms with van der Waals surface area (Å²) < 4.78 is 11.5. The van der Waals surface area contributed by atoms with Gasteiger partial charge >= 0.3 is 6.09 Å². The number of hydrogen-bond donors (Lipinski definition) is 0. The lowest BCUT2D eigenvalue weighted by molar-refractivity contribution is -0.0942. The number of rotatable bonds is 0. The smallest absolute Gasteiger partial charge is 0.410 e. The Morgan fingerprint density at radius 3 is 2.68 bits per heavy atom. The van der Waals surface area contributed by atoms with Crippen LogP contribution in [0.5, 0.6) is 0 Å². The Kier molecular flexibility index (Phi) is 4.42. The number of piperidine rings is 1. The molecule has 1 spiro atoms. The molecule has 25 heavy (non-hydrogen) atoms. The highest BCUT2D eigenvalue weighted by Crippen LogP contribution is 2.49.